The van der Waals surface area contributed by atoms with E-state index in [0.717, 1.165) is 4.88 Å². The molecule has 0 atom stereocenters. The first-order valence-corrected chi connectivity index (χ1v) is 5.83. The van der Waals surface area contributed by atoms with Crippen LogP contribution in [-0.4, -0.2) is 10.9 Å². The van der Waals surface area contributed by atoms with E-state index >= 15 is 0 Å². The van der Waals surface area contributed by atoms with Crippen molar-refractivity contribution in [1.82, 2.24) is 10.3 Å². The first-order chi connectivity index (χ1) is 8.29. The molecule has 0 bridgehead atoms. The predicted octanol–water partition coefficient (Wildman–Crippen LogP) is 1.94. The topological polar surface area (TPSA) is 65.8 Å². The van der Waals surface area contributed by atoms with Gasteiger partial charge in [0.1, 0.15) is 0 Å². The zero-order chi connectivity index (χ0) is 12.1. The molecule has 2 rings (SSSR count). The summed E-state index contributed by atoms with van der Waals surface area (Å²) in [4.78, 5) is 16.7. The molecule has 0 aliphatic carbocycles. The standard InChI is InChI=1S/C12H9N3OS/c13-5-9-2-1-3-10(4-9)12(16)15-7-11-6-14-8-17-11/h1-4,6,8H,7H2,(H,15,16). The minimum atomic E-state index is -0.185. The van der Waals surface area contributed by atoms with Gasteiger partial charge in [-0.2, -0.15) is 5.26 Å². The molecule has 0 aliphatic rings. The number of rotatable bonds is 3. The second kappa shape index (κ2) is 5.23. The van der Waals surface area contributed by atoms with Crippen LogP contribution in [0.15, 0.2) is 36.0 Å². The number of carbonyl (C=O) groups is 1. The highest BCUT2D eigenvalue weighted by Crippen LogP contribution is 2.07. The number of thiazole rings is 1. The molecule has 2 aromatic rings. The molecule has 5 heteroatoms. The number of nitriles is 1. The maximum atomic E-state index is 11.8. The third-order valence-corrected chi connectivity index (χ3v) is 2.94. The van der Waals surface area contributed by atoms with Crippen LogP contribution < -0.4 is 5.32 Å². The van der Waals surface area contributed by atoms with Gasteiger partial charge >= 0.3 is 0 Å². The number of nitrogens with one attached hydrogen (secondary N) is 1. The fourth-order valence-electron chi connectivity index (χ4n) is 1.33. The number of nitrogens with zero attached hydrogens (tertiary/aromatic N) is 2. The molecule has 0 saturated carbocycles. The second-order valence-electron chi connectivity index (χ2n) is 3.34. The van der Waals surface area contributed by atoms with Crippen LogP contribution in [0.1, 0.15) is 20.8 Å². The summed E-state index contributed by atoms with van der Waals surface area (Å²) >= 11 is 1.49. The SMILES string of the molecule is N#Cc1cccc(C(=O)NCc2cncs2)c1. The van der Waals surface area contributed by atoms with Gasteiger partial charge in [-0.25, -0.2) is 0 Å². The molecule has 0 unspecified atom stereocenters. The normalized spacial score (nSPS) is 9.59. The number of hydrogen-bond donors (Lipinski definition) is 1. The zero-order valence-corrected chi connectivity index (χ0v) is 9.70. The van der Waals surface area contributed by atoms with Crippen LogP contribution in [0.2, 0.25) is 0 Å². The second-order valence-corrected chi connectivity index (χ2v) is 4.31. The minimum Gasteiger partial charge on any atom is -0.347 e. The van der Waals surface area contributed by atoms with Crippen molar-refractivity contribution in [3.63, 3.8) is 0 Å². The summed E-state index contributed by atoms with van der Waals surface area (Å²) in [6.45, 7) is 0.459. The van der Waals surface area contributed by atoms with Crippen molar-refractivity contribution in [3.8, 4) is 6.07 Å². The van der Waals surface area contributed by atoms with E-state index < -0.39 is 0 Å². The van der Waals surface area contributed by atoms with Crippen molar-refractivity contribution in [2.75, 3.05) is 0 Å². The van der Waals surface area contributed by atoms with Crippen molar-refractivity contribution in [2.45, 2.75) is 6.54 Å². The molecule has 4 nitrogen and oxygen atoms in total. The van der Waals surface area contributed by atoms with E-state index in [1.807, 2.05) is 6.07 Å². The summed E-state index contributed by atoms with van der Waals surface area (Å²) in [5.74, 6) is -0.185. The lowest BCUT2D eigenvalue weighted by molar-refractivity contribution is 0.0951. The van der Waals surface area contributed by atoms with Gasteiger partial charge in [0.2, 0.25) is 0 Å². The summed E-state index contributed by atoms with van der Waals surface area (Å²) in [6, 6.07) is 8.62. The molecule has 1 N–H and O–H groups in total. The van der Waals surface area contributed by atoms with E-state index in [9.17, 15) is 4.79 Å². The number of amides is 1. The van der Waals surface area contributed by atoms with Gasteiger partial charge < -0.3 is 5.32 Å². The van der Waals surface area contributed by atoms with E-state index in [4.69, 9.17) is 5.26 Å². The molecule has 0 aliphatic heterocycles. The van der Waals surface area contributed by atoms with Crippen molar-refractivity contribution < 1.29 is 4.79 Å². The average Bonchev–Trinajstić information content (AvgIpc) is 2.89. The Morgan fingerprint density at radius 3 is 3.12 bits per heavy atom. The molecule has 0 fully saturated rings. The molecule has 84 valence electrons. The monoisotopic (exact) mass is 243 g/mol. The highest BCUT2D eigenvalue weighted by Gasteiger charge is 2.06. The molecule has 0 spiro atoms. The lowest BCUT2D eigenvalue weighted by Crippen LogP contribution is -2.22. The van der Waals surface area contributed by atoms with E-state index in [2.05, 4.69) is 10.3 Å². The van der Waals surface area contributed by atoms with Crippen LogP contribution >= 0.6 is 11.3 Å². The molecule has 1 aromatic carbocycles. The Balaban J connectivity index is 2.02. The lowest BCUT2D eigenvalue weighted by Gasteiger charge is -2.03. The van der Waals surface area contributed by atoms with Crippen LogP contribution in [0.3, 0.4) is 0 Å². The van der Waals surface area contributed by atoms with Gasteiger partial charge in [0.15, 0.2) is 0 Å². The summed E-state index contributed by atoms with van der Waals surface area (Å²) in [7, 11) is 0. The van der Waals surface area contributed by atoms with Gasteiger partial charge in [-0.05, 0) is 18.2 Å². The van der Waals surface area contributed by atoms with Crippen LogP contribution in [0, 0.1) is 11.3 Å². The molecule has 17 heavy (non-hydrogen) atoms. The quantitative estimate of drug-likeness (QED) is 0.896. The third kappa shape index (κ3) is 2.89. The number of aromatic nitrogens is 1. The van der Waals surface area contributed by atoms with Crippen molar-refractivity contribution in [1.29, 1.82) is 5.26 Å². The van der Waals surface area contributed by atoms with E-state index in [1.165, 1.54) is 11.3 Å². The van der Waals surface area contributed by atoms with Crippen molar-refractivity contribution >= 4 is 17.2 Å². The molecule has 0 saturated heterocycles. The van der Waals surface area contributed by atoms with Crippen LogP contribution in [0.25, 0.3) is 0 Å². The van der Waals surface area contributed by atoms with Gasteiger partial charge in [0.25, 0.3) is 5.91 Å². The predicted molar refractivity (Wildman–Crippen MR) is 64.4 cm³/mol. The lowest BCUT2D eigenvalue weighted by atomic mass is 10.1. The molecule has 1 aromatic heterocycles. The van der Waals surface area contributed by atoms with Gasteiger partial charge in [-0.1, -0.05) is 6.07 Å². The summed E-state index contributed by atoms with van der Waals surface area (Å²) in [5.41, 5.74) is 2.70. The van der Waals surface area contributed by atoms with E-state index in [1.54, 1.807) is 36.0 Å². The zero-order valence-electron chi connectivity index (χ0n) is 8.88. The maximum absolute atomic E-state index is 11.8. The van der Waals surface area contributed by atoms with Gasteiger partial charge in [0.05, 0.1) is 23.7 Å². The van der Waals surface area contributed by atoms with Gasteiger partial charge in [-0.15, -0.1) is 11.3 Å². The first-order valence-electron chi connectivity index (χ1n) is 4.95. The molecular weight excluding hydrogens is 234 g/mol. The summed E-state index contributed by atoms with van der Waals surface area (Å²) in [5, 5.41) is 11.5. The summed E-state index contributed by atoms with van der Waals surface area (Å²) < 4.78 is 0. The Morgan fingerprint density at radius 1 is 1.53 bits per heavy atom. The minimum absolute atomic E-state index is 0.185. The first kappa shape index (κ1) is 11.3. The van der Waals surface area contributed by atoms with Crippen LogP contribution in [0.5, 0.6) is 0 Å². The Kier molecular flexibility index (Phi) is 3.48. The molecular formula is C12H9N3OS. The Labute approximate surface area is 103 Å². The smallest absolute Gasteiger partial charge is 0.251 e. The Morgan fingerprint density at radius 2 is 2.41 bits per heavy atom. The molecule has 1 heterocycles. The Hall–Kier alpha value is -2.19. The number of hydrogen-bond acceptors (Lipinski definition) is 4. The fraction of sp³-hybridized carbons (Fsp3) is 0.0833. The van der Waals surface area contributed by atoms with Crippen molar-refractivity contribution in [3.05, 3.63) is 52.0 Å². The van der Waals surface area contributed by atoms with Crippen molar-refractivity contribution in [2.24, 2.45) is 0 Å². The number of benzene rings is 1. The van der Waals surface area contributed by atoms with E-state index in [-0.39, 0.29) is 5.91 Å². The third-order valence-electron chi connectivity index (χ3n) is 2.16. The van der Waals surface area contributed by atoms with Crippen LogP contribution in [-0.2, 0) is 6.54 Å². The average molecular weight is 243 g/mol. The maximum Gasteiger partial charge on any atom is 0.251 e. The largest absolute Gasteiger partial charge is 0.347 e. The van der Waals surface area contributed by atoms with Gasteiger partial charge in [-0.3, -0.25) is 9.78 Å². The fourth-order valence-corrected chi connectivity index (χ4v) is 1.86. The molecule has 0 radical (unpaired) electrons. The summed E-state index contributed by atoms with van der Waals surface area (Å²) in [6.07, 6.45) is 1.72. The number of carbonyl (C=O) groups excluding carboxylic acids is 1. The van der Waals surface area contributed by atoms with Crippen LogP contribution in [0.4, 0.5) is 0 Å². The van der Waals surface area contributed by atoms with E-state index in [0.29, 0.717) is 17.7 Å². The van der Waals surface area contributed by atoms with Gasteiger partial charge in [0, 0.05) is 16.6 Å². The molecule has 1 amide bonds. The Bertz CT molecular complexity index is 557. The highest BCUT2D eigenvalue weighted by molar-refractivity contribution is 7.09. The highest BCUT2D eigenvalue weighted by atomic mass is 32.1.